The molecule has 7 nitrogen and oxygen atoms in total. The number of aliphatic imine (C=N–C) groups is 1. The van der Waals surface area contributed by atoms with Crippen molar-refractivity contribution in [2.75, 3.05) is 33.7 Å². The Bertz CT molecular complexity index is 619. The molecule has 0 spiro atoms. The Hall–Kier alpha value is -1.55. The lowest BCUT2D eigenvalue weighted by Crippen LogP contribution is -2.39. The summed E-state index contributed by atoms with van der Waals surface area (Å²) in [6.45, 7) is 5.34. The van der Waals surface area contributed by atoms with Crippen molar-refractivity contribution in [2.45, 2.75) is 19.5 Å². The minimum atomic E-state index is 0. The highest BCUT2D eigenvalue weighted by Crippen LogP contribution is 2.17. The summed E-state index contributed by atoms with van der Waals surface area (Å²) in [7, 11) is 6.07. The van der Waals surface area contributed by atoms with Crippen molar-refractivity contribution >= 4 is 29.9 Å². The number of nitrogens with zero attached hydrogens (tertiary/aromatic N) is 5. The molecule has 0 saturated heterocycles. The molecule has 0 saturated carbocycles. The summed E-state index contributed by atoms with van der Waals surface area (Å²) in [6, 6.07) is 4.28. The van der Waals surface area contributed by atoms with Crippen molar-refractivity contribution in [1.82, 2.24) is 29.9 Å². The zero-order valence-electron chi connectivity index (χ0n) is 15.5. The summed E-state index contributed by atoms with van der Waals surface area (Å²) < 4.78 is 3.98. The van der Waals surface area contributed by atoms with E-state index in [4.69, 9.17) is 4.99 Å². The van der Waals surface area contributed by atoms with Gasteiger partial charge in [0.1, 0.15) is 0 Å². The Kier molecular flexibility index (Phi) is 9.58. The summed E-state index contributed by atoms with van der Waals surface area (Å²) in [6.07, 6.45) is 8.09. The maximum atomic E-state index is 4.75. The Morgan fingerprint density at radius 1 is 1.28 bits per heavy atom. The average Bonchev–Trinajstić information content (AvgIpc) is 3.19. The first-order valence-electron chi connectivity index (χ1n) is 8.38. The van der Waals surface area contributed by atoms with Gasteiger partial charge in [-0.2, -0.15) is 5.10 Å². The fraction of sp³-hybridized carbons (Fsp3) is 0.529. The minimum Gasteiger partial charge on any atom is -0.357 e. The first-order chi connectivity index (χ1) is 11.6. The number of likely N-dealkylation sites (N-methyl/N-ethyl adjacent to an activating group) is 1. The molecule has 140 valence electrons. The summed E-state index contributed by atoms with van der Waals surface area (Å²) in [5.41, 5.74) is 1.18. The SMILES string of the molecule is CCNC(=NCC(c1cnn(C)c1)N(C)C)NCCn1cccc1.I. The van der Waals surface area contributed by atoms with Gasteiger partial charge in [-0.25, -0.2) is 0 Å². The summed E-state index contributed by atoms with van der Waals surface area (Å²) in [5, 5.41) is 11.0. The molecular formula is C17H30IN7. The van der Waals surface area contributed by atoms with E-state index in [2.05, 4.69) is 58.6 Å². The molecule has 0 aliphatic heterocycles. The molecule has 0 bridgehead atoms. The number of hydrogen-bond acceptors (Lipinski definition) is 3. The molecule has 2 N–H and O–H groups in total. The summed E-state index contributed by atoms with van der Waals surface area (Å²) in [4.78, 5) is 6.92. The molecule has 2 rings (SSSR count). The normalized spacial score (nSPS) is 12.8. The second-order valence-electron chi connectivity index (χ2n) is 5.99. The van der Waals surface area contributed by atoms with Gasteiger partial charge in [0, 0.05) is 50.8 Å². The van der Waals surface area contributed by atoms with Crippen LogP contribution in [0.5, 0.6) is 0 Å². The lowest BCUT2D eigenvalue weighted by molar-refractivity contribution is 0.306. The predicted molar refractivity (Wildman–Crippen MR) is 113 cm³/mol. The van der Waals surface area contributed by atoms with E-state index in [1.165, 1.54) is 5.56 Å². The number of halogens is 1. The zero-order valence-corrected chi connectivity index (χ0v) is 17.8. The molecule has 2 heterocycles. The van der Waals surface area contributed by atoms with Crippen LogP contribution in [0.1, 0.15) is 18.5 Å². The van der Waals surface area contributed by atoms with Gasteiger partial charge in [0.25, 0.3) is 0 Å². The van der Waals surface area contributed by atoms with E-state index < -0.39 is 0 Å². The molecule has 8 heteroatoms. The van der Waals surface area contributed by atoms with Gasteiger partial charge in [0.05, 0.1) is 18.8 Å². The van der Waals surface area contributed by atoms with Gasteiger partial charge in [-0.15, -0.1) is 24.0 Å². The standard InChI is InChI=1S/C17H29N7.HI/c1-5-18-17(19-8-11-24-9-6-7-10-24)20-13-16(22(2)3)15-12-21-23(4)14-15;/h6-7,9-10,12,14,16H,5,8,11,13H2,1-4H3,(H2,18,19,20);1H. The van der Waals surface area contributed by atoms with E-state index in [-0.39, 0.29) is 30.0 Å². The van der Waals surface area contributed by atoms with E-state index in [1.807, 2.05) is 36.3 Å². The quantitative estimate of drug-likeness (QED) is 0.359. The van der Waals surface area contributed by atoms with Crippen LogP contribution in [0.25, 0.3) is 0 Å². The van der Waals surface area contributed by atoms with E-state index in [0.717, 1.165) is 25.6 Å². The van der Waals surface area contributed by atoms with Gasteiger partial charge < -0.3 is 20.1 Å². The second-order valence-corrected chi connectivity index (χ2v) is 5.99. The molecule has 0 amide bonds. The molecule has 0 aliphatic carbocycles. The number of aromatic nitrogens is 3. The first-order valence-corrected chi connectivity index (χ1v) is 8.38. The van der Waals surface area contributed by atoms with E-state index in [9.17, 15) is 0 Å². The lowest BCUT2D eigenvalue weighted by Gasteiger charge is -2.22. The molecule has 0 aromatic carbocycles. The topological polar surface area (TPSA) is 62.4 Å². The van der Waals surface area contributed by atoms with Crippen LogP contribution in [0.3, 0.4) is 0 Å². The lowest BCUT2D eigenvalue weighted by atomic mass is 10.1. The molecular weight excluding hydrogens is 429 g/mol. The number of nitrogens with one attached hydrogen (secondary N) is 2. The van der Waals surface area contributed by atoms with Crippen molar-refractivity contribution in [3.05, 3.63) is 42.5 Å². The van der Waals surface area contributed by atoms with E-state index in [0.29, 0.717) is 6.54 Å². The smallest absolute Gasteiger partial charge is 0.191 e. The van der Waals surface area contributed by atoms with Gasteiger partial charge in [-0.1, -0.05) is 0 Å². The van der Waals surface area contributed by atoms with Crippen molar-refractivity contribution in [2.24, 2.45) is 12.0 Å². The van der Waals surface area contributed by atoms with Crippen molar-refractivity contribution in [3.8, 4) is 0 Å². The molecule has 2 aromatic rings. The third-order valence-electron chi connectivity index (χ3n) is 3.83. The van der Waals surface area contributed by atoms with Crippen LogP contribution < -0.4 is 10.6 Å². The largest absolute Gasteiger partial charge is 0.357 e. The predicted octanol–water partition coefficient (Wildman–Crippen LogP) is 1.70. The van der Waals surface area contributed by atoms with Crippen molar-refractivity contribution in [1.29, 1.82) is 0 Å². The van der Waals surface area contributed by atoms with Crippen LogP contribution in [0.2, 0.25) is 0 Å². The van der Waals surface area contributed by atoms with Crippen LogP contribution in [-0.4, -0.2) is 58.9 Å². The van der Waals surface area contributed by atoms with E-state index in [1.54, 1.807) is 0 Å². The second kappa shape index (κ2) is 11.1. The zero-order chi connectivity index (χ0) is 17.4. The highest BCUT2D eigenvalue weighted by Gasteiger charge is 2.15. The number of guanidine groups is 1. The Balaban J connectivity index is 0.00000312. The van der Waals surface area contributed by atoms with Crippen molar-refractivity contribution < 1.29 is 0 Å². The van der Waals surface area contributed by atoms with E-state index >= 15 is 0 Å². The molecule has 25 heavy (non-hydrogen) atoms. The highest BCUT2D eigenvalue weighted by atomic mass is 127. The average molecular weight is 459 g/mol. The van der Waals surface area contributed by atoms with Crippen LogP contribution >= 0.6 is 24.0 Å². The fourth-order valence-electron chi connectivity index (χ4n) is 2.52. The number of hydrogen-bond donors (Lipinski definition) is 2. The number of aryl methyl sites for hydroxylation is 1. The molecule has 0 fully saturated rings. The summed E-state index contributed by atoms with van der Waals surface area (Å²) in [5.74, 6) is 0.848. The molecule has 0 radical (unpaired) electrons. The third kappa shape index (κ3) is 7.07. The highest BCUT2D eigenvalue weighted by molar-refractivity contribution is 14.0. The van der Waals surface area contributed by atoms with Crippen molar-refractivity contribution in [3.63, 3.8) is 0 Å². The maximum Gasteiger partial charge on any atom is 0.191 e. The van der Waals surface area contributed by atoms with Crippen LogP contribution in [0.15, 0.2) is 41.9 Å². The molecule has 0 aliphatic rings. The van der Waals surface area contributed by atoms with Crippen LogP contribution in [-0.2, 0) is 13.6 Å². The molecule has 1 unspecified atom stereocenters. The molecule has 1 atom stereocenters. The third-order valence-corrected chi connectivity index (χ3v) is 3.83. The van der Waals surface area contributed by atoms with Crippen LogP contribution in [0, 0.1) is 0 Å². The number of rotatable bonds is 8. The minimum absolute atomic E-state index is 0. The first kappa shape index (κ1) is 21.5. The van der Waals surface area contributed by atoms with Gasteiger partial charge in [0.2, 0.25) is 0 Å². The van der Waals surface area contributed by atoms with Gasteiger partial charge in [-0.3, -0.25) is 9.67 Å². The monoisotopic (exact) mass is 459 g/mol. The van der Waals surface area contributed by atoms with Gasteiger partial charge >= 0.3 is 0 Å². The van der Waals surface area contributed by atoms with Gasteiger partial charge in [0.15, 0.2) is 5.96 Å². The fourth-order valence-corrected chi connectivity index (χ4v) is 2.52. The Labute approximate surface area is 167 Å². The van der Waals surface area contributed by atoms with Gasteiger partial charge in [-0.05, 0) is 33.2 Å². The Morgan fingerprint density at radius 2 is 2.00 bits per heavy atom. The van der Waals surface area contributed by atoms with Crippen LogP contribution in [0.4, 0.5) is 0 Å². The molecule has 2 aromatic heterocycles. The maximum absolute atomic E-state index is 4.75. The Morgan fingerprint density at radius 3 is 2.56 bits per heavy atom. The summed E-state index contributed by atoms with van der Waals surface area (Å²) >= 11 is 0.